The van der Waals surface area contributed by atoms with E-state index < -0.39 is 0 Å². The molecule has 1 heterocycles. The predicted molar refractivity (Wildman–Crippen MR) is 73.4 cm³/mol. The number of hydrogen-bond donors (Lipinski definition) is 1. The molecule has 1 aromatic heterocycles. The van der Waals surface area contributed by atoms with E-state index in [1.807, 2.05) is 6.92 Å². The van der Waals surface area contributed by atoms with E-state index >= 15 is 0 Å². The lowest BCUT2D eigenvalue weighted by atomic mass is 10.2. The fraction of sp³-hybridized carbons (Fsp3) is 0.583. The van der Waals surface area contributed by atoms with Crippen LogP contribution in [0.3, 0.4) is 0 Å². The molecule has 0 fully saturated rings. The Balaban J connectivity index is 2.76. The summed E-state index contributed by atoms with van der Waals surface area (Å²) in [5.41, 5.74) is -0.235. The highest BCUT2D eigenvalue weighted by Crippen LogP contribution is 2.01. The maximum atomic E-state index is 11.8. The standard InChI is InChI=1S/C12H18BrN3O2/c1-4-5-8(2)15-11(17)7-16-9(3)14-6-10(13)12(16)18/h6,8H,4-5,7H2,1-3H3,(H,15,17). The third-order valence-electron chi connectivity index (χ3n) is 2.64. The topological polar surface area (TPSA) is 64.0 Å². The van der Waals surface area contributed by atoms with E-state index in [1.54, 1.807) is 6.92 Å². The first-order valence-corrected chi connectivity index (χ1v) is 6.76. The minimum Gasteiger partial charge on any atom is -0.352 e. The summed E-state index contributed by atoms with van der Waals surface area (Å²) < 4.78 is 1.72. The Bertz CT molecular complexity index is 485. The zero-order valence-corrected chi connectivity index (χ0v) is 12.5. The average molecular weight is 316 g/mol. The maximum absolute atomic E-state index is 11.8. The van der Waals surface area contributed by atoms with E-state index in [1.165, 1.54) is 10.8 Å². The van der Waals surface area contributed by atoms with Gasteiger partial charge in [-0.3, -0.25) is 14.2 Å². The van der Waals surface area contributed by atoms with Crippen LogP contribution in [0.5, 0.6) is 0 Å². The summed E-state index contributed by atoms with van der Waals surface area (Å²) in [7, 11) is 0. The molecule has 1 amide bonds. The predicted octanol–water partition coefficient (Wildman–Crippen LogP) is 1.62. The molecule has 1 N–H and O–H groups in total. The fourth-order valence-electron chi connectivity index (χ4n) is 1.71. The van der Waals surface area contributed by atoms with Crippen LogP contribution in [0.15, 0.2) is 15.5 Å². The lowest BCUT2D eigenvalue weighted by Crippen LogP contribution is -2.38. The fourth-order valence-corrected chi connectivity index (χ4v) is 2.02. The van der Waals surface area contributed by atoms with E-state index in [0.29, 0.717) is 10.3 Å². The highest BCUT2D eigenvalue weighted by molar-refractivity contribution is 9.10. The van der Waals surface area contributed by atoms with Gasteiger partial charge in [-0.05, 0) is 36.2 Å². The highest BCUT2D eigenvalue weighted by Gasteiger charge is 2.11. The number of halogens is 1. The van der Waals surface area contributed by atoms with Gasteiger partial charge in [0.2, 0.25) is 5.91 Å². The molecule has 0 radical (unpaired) electrons. The molecule has 1 atom stereocenters. The van der Waals surface area contributed by atoms with Crippen molar-refractivity contribution in [2.24, 2.45) is 0 Å². The van der Waals surface area contributed by atoms with Crippen LogP contribution in [0, 0.1) is 6.92 Å². The van der Waals surface area contributed by atoms with Crippen molar-refractivity contribution in [1.82, 2.24) is 14.9 Å². The molecule has 0 saturated carbocycles. The van der Waals surface area contributed by atoms with E-state index in [9.17, 15) is 9.59 Å². The smallest absolute Gasteiger partial charge is 0.268 e. The third kappa shape index (κ3) is 3.94. The first-order chi connectivity index (χ1) is 8.45. The molecule has 0 aliphatic heterocycles. The zero-order chi connectivity index (χ0) is 13.7. The molecular weight excluding hydrogens is 298 g/mol. The third-order valence-corrected chi connectivity index (χ3v) is 3.18. The van der Waals surface area contributed by atoms with Crippen LogP contribution in [-0.2, 0) is 11.3 Å². The molecule has 6 heteroatoms. The summed E-state index contributed by atoms with van der Waals surface area (Å²) in [6, 6.07) is 0.124. The molecular formula is C12H18BrN3O2. The molecule has 1 rings (SSSR count). The summed E-state index contributed by atoms with van der Waals surface area (Å²) in [4.78, 5) is 27.7. The van der Waals surface area contributed by atoms with Gasteiger partial charge in [-0.2, -0.15) is 0 Å². The Labute approximate surface area is 115 Å². The van der Waals surface area contributed by atoms with Crippen LogP contribution in [0.1, 0.15) is 32.5 Å². The molecule has 100 valence electrons. The molecule has 0 bridgehead atoms. The lowest BCUT2D eigenvalue weighted by molar-refractivity contribution is -0.122. The Morgan fingerprint density at radius 1 is 1.61 bits per heavy atom. The van der Waals surface area contributed by atoms with Crippen LogP contribution >= 0.6 is 15.9 Å². The van der Waals surface area contributed by atoms with Crippen molar-refractivity contribution >= 4 is 21.8 Å². The van der Waals surface area contributed by atoms with Gasteiger partial charge in [0.05, 0.1) is 0 Å². The van der Waals surface area contributed by atoms with Gasteiger partial charge in [-0.25, -0.2) is 4.98 Å². The first kappa shape index (κ1) is 14.9. The molecule has 0 spiro atoms. The summed E-state index contributed by atoms with van der Waals surface area (Å²) in [6.07, 6.45) is 3.39. The Kier molecular flexibility index (Phi) is 5.53. The largest absolute Gasteiger partial charge is 0.352 e. The molecule has 5 nitrogen and oxygen atoms in total. The Morgan fingerprint density at radius 3 is 2.89 bits per heavy atom. The van der Waals surface area contributed by atoms with Gasteiger partial charge < -0.3 is 5.32 Å². The van der Waals surface area contributed by atoms with Crippen LogP contribution in [0.4, 0.5) is 0 Å². The molecule has 0 aliphatic rings. The zero-order valence-electron chi connectivity index (χ0n) is 10.9. The number of nitrogens with one attached hydrogen (secondary N) is 1. The van der Waals surface area contributed by atoms with Crippen LogP contribution in [0.2, 0.25) is 0 Å². The van der Waals surface area contributed by atoms with Crippen molar-refractivity contribution in [2.45, 2.75) is 46.2 Å². The van der Waals surface area contributed by atoms with Gasteiger partial charge in [0.15, 0.2) is 0 Å². The molecule has 0 aliphatic carbocycles. The minimum atomic E-state index is -0.235. The van der Waals surface area contributed by atoms with Gasteiger partial charge >= 0.3 is 0 Å². The van der Waals surface area contributed by atoms with E-state index in [-0.39, 0.29) is 24.1 Å². The number of rotatable bonds is 5. The second kappa shape index (κ2) is 6.68. The van der Waals surface area contributed by atoms with Gasteiger partial charge in [0.25, 0.3) is 5.56 Å². The molecule has 1 aromatic rings. The van der Waals surface area contributed by atoms with E-state index in [4.69, 9.17) is 0 Å². The summed E-state index contributed by atoms with van der Waals surface area (Å²) in [6.45, 7) is 5.73. The first-order valence-electron chi connectivity index (χ1n) is 5.97. The van der Waals surface area contributed by atoms with E-state index in [0.717, 1.165) is 12.8 Å². The van der Waals surface area contributed by atoms with Crippen LogP contribution < -0.4 is 10.9 Å². The molecule has 1 unspecified atom stereocenters. The summed E-state index contributed by atoms with van der Waals surface area (Å²) >= 11 is 3.12. The van der Waals surface area contributed by atoms with Gasteiger partial charge in [0, 0.05) is 12.2 Å². The lowest BCUT2D eigenvalue weighted by Gasteiger charge is -2.14. The van der Waals surface area contributed by atoms with Crippen LogP contribution in [-0.4, -0.2) is 21.5 Å². The highest BCUT2D eigenvalue weighted by atomic mass is 79.9. The van der Waals surface area contributed by atoms with Crippen molar-refractivity contribution in [1.29, 1.82) is 0 Å². The molecule has 0 aromatic carbocycles. The van der Waals surface area contributed by atoms with E-state index in [2.05, 4.69) is 33.2 Å². The summed E-state index contributed by atoms with van der Waals surface area (Å²) in [5.74, 6) is 0.363. The van der Waals surface area contributed by atoms with Gasteiger partial charge in [0.1, 0.15) is 16.8 Å². The molecule has 18 heavy (non-hydrogen) atoms. The summed E-state index contributed by atoms with van der Waals surface area (Å²) in [5, 5.41) is 2.86. The van der Waals surface area contributed by atoms with Crippen molar-refractivity contribution in [3.8, 4) is 0 Å². The number of carbonyl (C=O) groups excluding carboxylic acids is 1. The van der Waals surface area contributed by atoms with Gasteiger partial charge in [-0.15, -0.1) is 0 Å². The quantitative estimate of drug-likeness (QED) is 0.898. The van der Waals surface area contributed by atoms with Crippen molar-refractivity contribution < 1.29 is 4.79 Å². The number of aryl methyl sites for hydroxylation is 1. The normalized spacial score (nSPS) is 12.2. The average Bonchev–Trinajstić information content (AvgIpc) is 2.30. The number of aromatic nitrogens is 2. The van der Waals surface area contributed by atoms with Crippen molar-refractivity contribution in [3.63, 3.8) is 0 Å². The second-order valence-electron chi connectivity index (χ2n) is 4.30. The number of nitrogens with zero attached hydrogens (tertiary/aromatic N) is 2. The Hall–Kier alpha value is -1.17. The SMILES string of the molecule is CCCC(C)NC(=O)Cn1c(C)ncc(Br)c1=O. The van der Waals surface area contributed by atoms with Crippen molar-refractivity contribution in [2.75, 3.05) is 0 Å². The van der Waals surface area contributed by atoms with Gasteiger partial charge in [-0.1, -0.05) is 13.3 Å². The van der Waals surface area contributed by atoms with Crippen LogP contribution in [0.25, 0.3) is 0 Å². The number of hydrogen-bond acceptors (Lipinski definition) is 3. The molecule has 0 saturated heterocycles. The van der Waals surface area contributed by atoms with Crippen molar-refractivity contribution in [3.05, 3.63) is 26.8 Å². The Morgan fingerprint density at radius 2 is 2.28 bits per heavy atom. The minimum absolute atomic E-state index is 0.00512. The second-order valence-corrected chi connectivity index (χ2v) is 5.16. The maximum Gasteiger partial charge on any atom is 0.268 e. The monoisotopic (exact) mass is 315 g/mol. The number of amides is 1. The number of carbonyl (C=O) groups is 1.